The van der Waals surface area contributed by atoms with Gasteiger partial charge >= 0.3 is 0 Å². The summed E-state index contributed by atoms with van der Waals surface area (Å²) in [4.78, 5) is 0. The number of halogens is 2. The molecule has 2 rings (SSSR count). The lowest BCUT2D eigenvalue weighted by atomic mass is 10.2. The number of rotatable bonds is 3. The molecule has 1 aromatic rings. The van der Waals surface area contributed by atoms with Crippen LogP contribution in [0.2, 0.25) is 10.0 Å². The van der Waals surface area contributed by atoms with Gasteiger partial charge in [0, 0.05) is 29.7 Å². The molecule has 1 aliphatic heterocycles. The van der Waals surface area contributed by atoms with Crippen LogP contribution in [0.3, 0.4) is 0 Å². The lowest BCUT2D eigenvalue weighted by Crippen LogP contribution is -2.35. The third kappa shape index (κ3) is 4.33. The van der Waals surface area contributed by atoms with Crippen LogP contribution in [0.4, 0.5) is 0 Å². The van der Waals surface area contributed by atoms with Crippen LogP contribution in [0.25, 0.3) is 0 Å². The van der Waals surface area contributed by atoms with Crippen LogP contribution in [-0.2, 0) is 15.8 Å². The van der Waals surface area contributed by atoms with Crippen molar-refractivity contribution in [2.75, 3.05) is 26.2 Å². The zero-order valence-corrected chi connectivity index (χ0v) is 12.7. The van der Waals surface area contributed by atoms with Gasteiger partial charge in [0.15, 0.2) is 0 Å². The summed E-state index contributed by atoms with van der Waals surface area (Å²) >= 11 is 11.8. The molecule has 1 aliphatic rings. The lowest BCUT2D eigenvalue weighted by Gasteiger charge is -2.19. The Morgan fingerprint density at radius 2 is 1.79 bits per heavy atom. The zero-order valence-electron chi connectivity index (χ0n) is 10.4. The molecule has 0 atom stereocenters. The number of hydrogen-bond donors (Lipinski definition) is 1. The summed E-state index contributed by atoms with van der Waals surface area (Å²) in [6.45, 7) is 2.62. The molecule has 106 valence electrons. The Morgan fingerprint density at radius 1 is 1.11 bits per heavy atom. The maximum absolute atomic E-state index is 12.3. The van der Waals surface area contributed by atoms with Gasteiger partial charge in [0.1, 0.15) is 0 Å². The molecule has 0 bridgehead atoms. The zero-order chi connectivity index (χ0) is 13.9. The van der Waals surface area contributed by atoms with E-state index in [1.165, 1.54) is 4.31 Å². The van der Waals surface area contributed by atoms with Crippen LogP contribution in [-0.4, -0.2) is 38.9 Å². The van der Waals surface area contributed by atoms with E-state index >= 15 is 0 Å². The van der Waals surface area contributed by atoms with Gasteiger partial charge in [-0.1, -0.05) is 23.2 Å². The van der Waals surface area contributed by atoms with Crippen LogP contribution in [0, 0.1) is 0 Å². The van der Waals surface area contributed by atoms with Gasteiger partial charge in [0.25, 0.3) is 0 Å². The van der Waals surface area contributed by atoms with E-state index in [0.29, 0.717) is 35.2 Å². The maximum atomic E-state index is 12.3. The Kier molecular flexibility index (Phi) is 5.09. The van der Waals surface area contributed by atoms with Crippen molar-refractivity contribution in [2.24, 2.45) is 0 Å². The molecular formula is C12H16Cl2N2O2S. The normalized spacial score (nSPS) is 18.2. The minimum atomic E-state index is -3.32. The van der Waals surface area contributed by atoms with Crippen LogP contribution in [0.15, 0.2) is 18.2 Å². The van der Waals surface area contributed by atoms with Crippen LogP contribution < -0.4 is 5.32 Å². The molecule has 7 heteroatoms. The topological polar surface area (TPSA) is 49.4 Å². The number of benzene rings is 1. The van der Waals surface area contributed by atoms with Crippen LogP contribution in [0.1, 0.15) is 12.0 Å². The molecule has 1 N–H and O–H groups in total. The number of hydrogen-bond acceptors (Lipinski definition) is 3. The molecule has 4 nitrogen and oxygen atoms in total. The highest BCUT2D eigenvalue weighted by Crippen LogP contribution is 2.21. The van der Waals surface area contributed by atoms with Gasteiger partial charge in [-0.2, -0.15) is 0 Å². The summed E-state index contributed by atoms with van der Waals surface area (Å²) in [5, 5.41) is 4.09. The third-order valence-corrected chi connectivity index (χ3v) is 5.25. The van der Waals surface area contributed by atoms with E-state index in [1.807, 2.05) is 0 Å². The molecule has 0 aliphatic carbocycles. The number of sulfonamides is 1. The van der Waals surface area contributed by atoms with Crippen LogP contribution >= 0.6 is 23.2 Å². The average Bonchev–Trinajstić information content (AvgIpc) is 2.55. The summed E-state index contributed by atoms with van der Waals surface area (Å²) in [7, 11) is -3.32. The van der Waals surface area contributed by atoms with E-state index in [9.17, 15) is 8.42 Å². The van der Waals surface area contributed by atoms with E-state index in [2.05, 4.69) is 5.32 Å². The highest BCUT2D eigenvalue weighted by molar-refractivity contribution is 7.88. The number of nitrogens with one attached hydrogen (secondary N) is 1. The van der Waals surface area contributed by atoms with Crippen molar-refractivity contribution in [3.63, 3.8) is 0 Å². The summed E-state index contributed by atoms with van der Waals surface area (Å²) < 4.78 is 26.2. The van der Waals surface area contributed by atoms with E-state index < -0.39 is 10.0 Å². The van der Waals surface area contributed by atoms with Gasteiger partial charge in [-0.25, -0.2) is 12.7 Å². The smallest absolute Gasteiger partial charge is 0.218 e. The van der Waals surface area contributed by atoms with E-state index in [1.54, 1.807) is 18.2 Å². The second-order valence-electron chi connectivity index (χ2n) is 4.54. The first kappa shape index (κ1) is 15.1. The van der Waals surface area contributed by atoms with E-state index in [4.69, 9.17) is 23.2 Å². The SMILES string of the molecule is O=S(=O)(Cc1cc(Cl)cc(Cl)c1)N1CCCNCC1. The van der Waals surface area contributed by atoms with Crippen molar-refractivity contribution in [2.45, 2.75) is 12.2 Å². The number of nitrogens with zero attached hydrogens (tertiary/aromatic N) is 1. The van der Waals surface area contributed by atoms with Gasteiger partial charge in [-0.3, -0.25) is 0 Å². The molecular weight excluding hydrogens is 307 g/mol. The fraction of sp³-hybridized carbons (Fsp3) is 0.500. The molecule has 19 heavy (non-hydrogen) atoms. The molecule has 1 saturated heterocycles. The molecule has 0 saturated carbocycles. The molecule has 0 aromatic heterocycles. The molecule has 0 unspecified atom stereocenters. The first-order valence-electron chi connectivity index (χ1n) is 6.11. The van der Waals surface area contributed by atoms with Crippen molar-refractivity contribution in [3.8, 4) is 0 Å². The maximum Gasteiger partial charge on any atom is 0.218 e. The van der Waals surface area contributed by atoms with Crippen LogP contribution in [0.5, 0.6) is 0 Å². The minimum absolute atomic E-state index is 0.0622. The van der Waals surface area contributed by atoms with Gasteiger partial charge in [-0.15, -0.1) is 0 Å². The van der Waals surface area contributed by atoms with Crippen molar-refractivity contribution < 1.29 is 8.42 Å². The average molecular weight is 323 g/mol. The van der Waals surface area contributed by atoms with Gasteiger partial charge in [-0.05, 0) is 36.7 Å². The Bertz CT molecular complexity index is 520. The van der Waals surface area contributed by atoms with Gasteiger partial charge in [0.2, 0.25) is 10.0 Å². The Balaban J connectivity index is 2.15. The highest BCUT2D eigenvalue weighted by Gasteiger charge is 2.23. The first-order chi connectivity index (χ1) is 8.97. The second kappa shape index (κ2) is 6.41. The molecule has 0 amide bonds. The molecule has 0 spiro atoms. The summed E-state index contributed by atoms with van der Waals surface area (Å²) in [5.41, 5.74) is 0.620. The van der Waals surface area contributed by atoms with Crippen molar-refractivity contribution >= 4 is 33.2 Å². The summed E-state index contributed by atoms with van der Waals surface area (Å²) in [5.74, 6) is -0.0622. The van der Waals surface area contributed by atoms with E-state index in [0.717, 1.165) is 13.0 Å². The monoisotopic (exact) mass is 322 g/mol. The predicted octanol–water partition coefficient (Wildman–Crippen LogP) is 2.12. The fourth-order valence-electron chi connectivity index (χ4n) is 2.10. The standard InChI is InChI=1S/C12H16Cl2N2O2S/c13-11-6-10(7-12(14)8-11)9-19(17,18)16-4-1-2-15-3-5-16/h6-8,15H,1-5,9H2. The molecule has 1 fully saturated rings. The van der Waals surface area contributed by atoms with Gasteiger partial charge < -0.3 is 5.32 Å². The largest absolute Gasteiger partial charge is 0.315 e. The summed E-state index contributed by atoms with van der Waals surface area (Å²) in [6.07, 6.45) is 0.829. The van der Waals surface area contributed by atoms with Crippen molar-refractivity contribution in [1.29, 1.82) is 0 Å². The molecule has 1 aromatic carbocycles. The fourth-order valence-corrected chi connectivity index (χ4v) is 4.21. The Hall–Kier alpha value is -0.330. The Morgan fingerprint density at radius 3 is 2.47 bits per heavy atom. The highest BCUT2D eigenvalue weighted by atomic mass is 35.5. The summed E-state index contributed by atoms with van der Waals surface area (Å²) in [6, 6.07) is 4.87. The second-order valence-corrected chi connectivity index (χ2v) is 7.38. The lowest BCUT2D eigenvalue weighted by molar-refractivity contribution is 0.431. The first-order valence-corrected chi connectivity index (χ1v) is 8.47. The predicted molar refractivity (Wildman–Crippen MR) is 78.1 cm³/mol. The van der Waals surface area contributed by atoms with E-state index in [-0.39, 0.29) is 5.75 Å². The molecule has 1 heterocycles. The molecule has 0 radical (unpaired) electrons. The minimum Gasteiger partial charge on any atom is -0.315 e. The quantitative estimate of drug-likeness (QED) is 0.927. The van der Waals surface area contributed by atoms with Crippen molar-refractivity contribution in [1.82, 2.24) is 9.62 Å². The van der Waals surface area contributed by atoms with Gasteiger partial charge in [0.05, 0.1) is 5.75 Å². The third-order valence-electron chi connectivity index (χ3n) is 2.96. The van der Waals surface area contributed by atoms with Crippen molar-refractivity contribution in [3.05, 3.63) is 33.8 Å². The Labute approximate surface area is 123 Å².